The number of hydrogen-bond donors (Lipinski definition) is 2. The third-order valence-corrected chi connectivity index (χ3v) is 4.80. The Morgan fingerprint density at radius 2 is 1.47 bits per heavy atom. The normalized spacial score (nSPS) is 10.4. The number of para-hydroxylation sites is 1. The lowest BCUT2D eigenvalue weighted by Crippen LogP contribution is -1.88. The van der Waals surface area contributed by atoms with Crippen molar-refractivity contribution in [2.75, 3.05) is 11.5 Å². The molecule has 0 aliphatic heterocycles. The maximum Gasteiger partial charge on any atom is 0.0461 e. The first kappa shape index (κ1) is 12.2. The molecule has 0 radical (unpaired) electrons. The predicted octanol–water partition coefficient (Wildman–Crippen LogP) is 3.96. The summed E-state index contributed by atoms with van der Waals surface area (Å²) < 4.78 is 0. The summed E-state index contributed by atoms with van der Waals surface area (Å²) in [6, 6.07) is 13.9. The lowest BCUT2D eigenvalue weighted by atomic mass is 10.2. The smallest absolute Gasteiger partial charge is 0.0461 e. The second-order valence-corrected chi connectivity index (χ2v) is 5.96. The van der Waals surface area contributed by atoms with Crippen LogP contribution in [0.25, 0.3) is 0 Å². The third kappa shape index (κ3) is 3.11. The van der Waals surface area contributed by atoms with Crippen LogP contribution in [0.5, 0.6) is 0 Å². The zero-order valence-corrected chi connectivity index (χ0v) is 11.1. The molecule has 0 aliphatic carbocycles. The molecule has 0 fully saturated rings. The molecule has 4 N–H and O–H groups in total. The van der Waals surface area contributed by atoms with Crippen molar-refractivity contribution in [1.82, 2.24) is 0 Å². The first-order chi connectivity index (χ1) is 8.16. The summed E-state index contributed by atoms with van der Waals surface area (Å²) in [5.41, 5.74) is 14.6. The highest BCUT2D eigenvalue weighted by Crippen LogP contribution is 2.42. The van der Waals surface area contributed by atoms with Crippen molar-refractivity contribution in [2.45, 2.75) is 16.7 Å². The van der Waals surface area contributed by atoms with Gasteiger partial charge in [-0.25, -0.2) is 0 Å². The minimum Gasteiger partial charge on any atom is -0.398 e. The number of benzene rings is 2. The molecule has 88 valence electrons. The van der Waals surface area contributed by atoms with Gasteiger partial charge in [0.25, 0.3) is 0 Å². The van der Waals surface area contributed by atoms with Gasteiger partial charge in [0.15, 0.2) is 0 Å². The number of aryl methyl sites for hydroxylation is 1. The zero-order chi connectivity index (χ0) is 12.3. The first-order valence-electron chi connectivity index (χ1n) is 5.22. The largest absolute Gasteiger partial charge is 0.398 e. The average Bonchev–Trinajstić information content (AvgIpc) is 2.32. The molecule has 0 saturated heterocycles. The Kier molecular flexibility index (Phi) is 3.86. The maximum absolute atomic E-state index is 5.93. The van der Waals surface area contributed by atoms with Crippen LogP contribution in [0.4, 0.5) is 11.4 Å². The fourth-order valence-electron chi connectivity index (χ4n) is 1.36. The minimum atomic E-state index is 0.802. The highest BCUT2D eigenvalue weighted by atomic mass is 33.1. The van der Waals surface area contributed by atoms with Gasteiger partial charge in [-0.2, -0.15) is 0 Å². The molecule has 17 heavy (non-hydrogen) atoms. The standard InChI is InChI=1S/C13H14N2S2/c1-9-6-7-11(15)13(8-9)17-16-12-5-3-2-4-10(12)14/h2-8H,14-15H2,1H3. The molecule has 0 heterocycles. The van der Waals surface area contributed by atoms with Gasteiger partial charge in [0.05, 0.1) is 0 Å². The molecule has 2 aromatic rings. The van der Waals surface area contributed by atoms with E-state index in [1.54, 1.807) is 21.6 Å². The van der Waals surface area contributed by atoms with E-state index in [0.717, 1.165) is 21.2 Å². The quantitative estimate of drug-likeness (QED) is 0.649. The molecule has 0 aromatic heterocycles. The second kappa shape index (κ2) is 5.38. The van der Waals surface area contributed by atoms with E-state index < -0.39 is 0 Å². The zero-order valence-electron chi connectivity index (χ0n) is 9.51. The Labute approximate surface area is 109 Å². The van der Waals surface area contributed by atoms with Crippen LogP contribution in [0.15, 0.2) is 52.3 Å². The van der Waals surface area contributed by atoms with Gasteiger partial charge in [-0.3, -0.25) is 0 Å². The van der Waals surface area contributed by atoms with Crippen molar-refractivity contribution in [3.05, 3.63) is 48.0 Å². The molecule has 0 spiro atoms. The van der Waals surface area contributed by atoms with Crippen LogP contribution in [0.1, 0.15) is 5.56 Å². The van der Waals surface area contributed by atoms with E-state index in [-0.39, 0.29) is 0 Å². The van der Waals surface area contributed by atoms with Crippen molar-refractivity contribution < 1.29 is 0 Å². The average molecular weight is 262 g/mol. The molecule has 0 bridgehead atoms. The molecule has 0 atom stereocenters. The minimum absolute atomic E-state index is 0.802. The molecular formula is C13H14N2S2. The van der Waals surface area contributed by atoms with Crippen LogP contribution in [0.2, 0.25) is 0 Å². The summed E-state index contributed by atoms with van der Waals surface area (Å²) in [6.07, 6.45) is 0. The first-order valence-corrected chi connectivity index (χ1v) is 7.37. The number of nitrogen functional groups attached to an aromatic ring is 2. The van der Waals surface area contributed by atoms with Gasteiger partial charge in [0.1, 0.15) is 0 Å². The number of anilines is 2. The molecule has 2 rings (SSSR count). The van der Waals surface area contributed by atoms with E-state index in [2.05, 4.69) is 13.0 Å². The number of hydrogen-bond acceptors (Lipinski definition) is 4. The summed E-state index contributed by atoms with van der Waals surface area (Å²) in [7, 11) is 3.27. The summed E-state index contributed by atoms with van der Waals surface area (Å²) >= 11 is 0. The summed E-state index contributed by atoms with van der Waals surface area (Å²) in [6.45, 7) is 2.06. The Hall–Kier alpha value is -1.26. The van der Waals surface area contributed by atoms with E-state index in [1.165, 1.54) is 5.56 Å². The van der Waals surface area contributed by atoms with E-state index in [9.17, 15) is 0 Å². The Morgan fingerprint density at radius 3 is 2.24 bits per heavy atom. The van der Waals surface area contributed by atoms with Gasteiger partial charge in [0, 0.05) is 21.2 Å². The molecule has 0 amide bonds. The molecular weight excluding hydrogens is 248 g/mol. The second-order valence-electron chi connectivity index (χ2n) is 3.75. The van der Waals surface area contributed by atoms with Crippen LogP contribution in [0, 0.1) is 6.92 Å². The van der Waals surface area contributed by atoms with E-state index in [0.29, 0.717) is 0 Å². The number of rotatable bonds is 3. The Bertz CT molecular complexity index is 527. The Balaban J connectivity index is 2.12. The van der Waals surface area contributed by atoms with Crippen LogP contribution in [-0.4, -0.2) is 0 Å². The fourth-order valence-corrected chi connectivity index (χ4v) is 3.66. The van der Waals surface area contributed by atoms with Gasteiger partial charge in [0.2, 0.25) is 0 Å². The molecule has 4 heteroatoms. The Morgan fingerprint density at radius 1 is 0.824 bits per heavy atom. The van der Waals surface area contributed by atoms with Crippen LogP contribution < -0.4 is 11.5 Å². The highest BCUT2D eigenvalue weighted by Gasteiger charge is 2.04. The van der Waals surface area contributed by atoms with Crippen molar-refractivity contribution in [2.24, 2.45) is 0 Å². The maximum atomic E-state index is 5.93. The van der Waals surface area contributed by atoms with Gasteiger partial charge in [-0.15, -0.1) is 0 Å². The van der Waals surface area contributed by atoms with Crippen LogP contribution >= 0.6 is 21.6 Å². The summed E-state index contributed by atoms with van der Waals surface area (Å²) in [5, 5.41) is 0. The van der Waals surface area contributed by atoms with Gasteiger partial charge < -0.3 is 11.5 Å². The fraction of sp³-hybridized carbons (Fsp3) is 0.0769. The third-order valence-electron chi connectivity index (χ3n) is 2.31. The van der Waals surface area contributed by atoms with Crippen LogP contribution in [0.3, 0.4) is 0 Å². The highest BCUT2D eigenvalue weighted by molar-refractivity contribution is 8.76. The molecule has 0 unspecified atom stereocenters. The van der Waals surface area contributed by atoms with Crippen LogP contribution in [-0.2, 0) is 0 Å². The van der Waals surface area contributed by atoms with E-state index in [1.807, 2.05) is 36.4 Å². The van der Waals surface area contributed by atoms with Gasteiger partial charge >= 0.3 is 0 Å². The summed E-state index contributed by atoms with van der Waals surface area (Å²) in [5.74, 6) is 0. The summed E-state index contributed by atoms with van der Waals surface area (Å²) in [4.78, 5) is 2.15. The predicted molar refractivity (Wildman–Crippen MR) is 78.2 cm³/mol. The van der Waals surface area contributed by atoms with Crippen molar-refractivity contribution in [1.29, 1.82) is 0 Å². The van der Waals surface area contributed by atoms with E-state index in [4.69, 9.17) is 11.5 Å². The monoisotopic (exact) mass is 262 g/mol. The lowest BCUT2D eigenvalue weighted by molar-refractivity contribution is 1.37. The van der Waals surface area contributed by atoms with Gasteiger partial charge in [-0.1, -0.05) is 39.8 Å². The van der Waals surface area contributed by atoms with Gasteiger partial charge in [-0.05, 0) is 36.8 Å². The topological polar surface area (TPSA) is 52.0 Å². The molecule has 2 nitrogen and oxygen atoms in total. The van der Waals surface area contributed by atoms with Crippen molar-refractivity contribution >= 4 is 33.0 Å². The molecule has 0 saturated carbocycles. The van der Waals surface area contributed by atoms with E-state index >= 15 is 0 Å². The number of nitrogens with two attached hydrogens (primary N) is 2. The van der Waals surface area contributed by atoms with Crippen molar-refractivity contribution in [3.8, 4) is 0 Å². The lowest BCUT2D eigenvalue weighted by Gasteiger charge is -2.07. The SMILES string of the molecule is Cc1ccc(N)c(SSc2ccccc2N)c1. The molecule has 2 aromatic carbocycles. The molecule has 0 aliphatic rings. The van der Waals surface area contributed by atoms with Crippen molar-refractivity contribution in [3.63, 3.8) is 0 Å².